The van der Waals surface area contributed by atoms with E-state index in [9.17, 15) is 4.79 Å². The Morgan fingerprint density at radius 2 is 1.85 bits per heavy atom. The first kappa shape index (κ1) is 12.2. The van der Waals surface area contributed by atoms with Gasteiger partial charge in [-0.05, 0) is 47.2 Å². The molecule has 0 saturated carbocycles. The highest BCUT2D eigenvalue weighted by Crippen LogP contribution is 2.39. The number of nitrogens with zero attached hydrogens (tertiary/aromatic N) is 1. The first-order valence-electron chi connectivity index (χ1n) is 6.91. The highest BCUT2D eigenvalue weighted by atomic mass is 79.9. The van der Waals surface area contributed by atoms with Gasteiger partial charge in [-0.15, -0.1) is 0 Å². The number of benzene rings is 2. The molecule has 20 heavy (non-hydrogen) atoms. The van der Waals surface area contributed by atoms with Crippen LogP contribution < -0.4 is 4.90 Å². The van der Waals surface area contributed by atoms with Gasteiger partial charge in [0, 0.05) is 12.2 Å². The van der Waals surface area contributed by atoms with E-state index in [1.807, 2.05) is 4.90 Å². The Morgan fingerprint density at radius 1 is 1.05 bits per heavy atom. The number of carbonyl (C=O) groups is 1. The maximum atomic E-state index is 12.1. The van der Waals surface area contributed by atoms with Gasteiger partial charge >= 0.3 is 0 Å². The molecule has 1 saturated heterocycles. The van der Waals surface area contributed by atoms with Crippen LogP contribution in [0.25, 0.3) is 11.1 Å². The van der Waals surface area contributed by atoms with Crippen LogP contribution in [-0.2, 0) is 11.2 Å². The first-order valence-corrected chi connectivity index (χ1v) is 7.82. The molecule has 0 aromatic heterocycles. The van der Waals surface area contributed by atoms with Gasteiger partial charge in [-0.2, -0.15) is 0 Å². The maximum absolute atomic E-state index is 12.1. The molecule has 4 rings (SSSR count). The van der Waals surface area contributed by atoms with Crippen LogP contribution in [-0.4, -0.2) is 17.3 Å². The molecule has 1 fully saturated rings. The van der Waals surface area contributed by atoms with E-state index in [0.29, 0.717) is 0 Å². The van der Waals surface area contributed by atoms with E-state index >= 15 is 0 Å². The van der Waals surface area contributed by atoms with E-state index in [1.165, 1.54) is 22.3 Å². The minimum atomic E-state index is -0.0204. The number of fused-ring (bicyclic) bond motifs is 3. The van der Waals surface area contributed by atoms with Crippen molar-refractivity contribution in [3.8, 4) is 11.1 Å². The van der Waals surface area contributed by atoms with Crippen LogP contribution in [0.2, 0.25) is 0 Å². The Hall–Kier alpha value is -1.61. The maximum Gasteiger partial charge on any atom is 0.240 e. The Balaban J connectivity index is 1.74. The molecule has 1 heterocycles. The zero-order valence-corrected chi connectivity index (χ0v) is 12.6. The zero-order valence-electron chi connectivity index (χ0n) is 11.0. The summed E-state index contributed by atoms with van der Waals surface area (Å²) in [6.45, 7) is 0.806. The molecule has 1 unspecified atom stereocenters. The molecule has 0 radical (unpaired) electrons. The topological polar surface area (TPSA) is 20.3 Å². The van der Waals surface area contributed by atoms with Crippen LogP contribution in [0.15, 0.2) is 42.5 Å². The third-order valence-electron chi connectivity index (χ3n) is 4.23. The molecule has 2 aliphatic rings. The van der Waals surface area contributed by atoms with Crippen molar-refractivity contribution in [2.24, 2.45) is 0 Å². The van der Waals surface area contributed by atoms with Gasteiger partial charge in [-0.1, -0.05) is 46.3 Å². The Bertz CT molecular complexity index is 710. The predicted molar refractivity (Wildman–Crippen MR) is 84.4 cm³/mol. The van der Waals surface area contributed by atoms with E-state index in [1.54, 1.807) is 0 Å². The van der Waals surface area contributed by atoms with Crippen LogP contribution in [0.1, 0.15) is 17.5 Å². The van der Waals surface area contributed by atoms with Gasteiger partial charge < -0.3 is 4.90 Å². The van der Waals surface area contributed by atoms with Gasteiger partial charge in [0.15, 0.2) is 0 Å². The number of halogens is 1. The summed E-state index contributed by atoms with van der Waals surface area (Å²) in [5.74, 6) is 0.181. The third kappa shape index (κ3) is 1.73. The molecule has 1 aliphatic heterocycles. The molecule has 0 spiro atoms. The normalized spacial score (nSPS) is 20.1. The zero-order chi connectivity index (χ0) is 13.7. The van der Waals surface area contributed by atoms with Crippen LogP contribution in [0, 0.1) is 0 Å². The fraction of sp³-hybridized carbons (Fsp3) is 0.235. The summed E-state index contributed by atoms with van der Waals surface area (Å²) in [5.41, 5.74) is 6.38. The molecule has 0 bridgehead atoms. The van der Waals surface area contributed by atoms with Crippen molar-refractivity contribution < 1.29 is 4.79 Å². The minimum Gasteiger partial charge on any atom is -0.311 e. The summed E-state index contributed by atoms with van der Waals surface area (Å²) >= 11 is 3.44. The molecule has 1 atom stereocenters. The van der Waals surface area contributed by atoms with Crippen LogP contribution >= 0.6 is 15.9 Å². The number of carbonyl (C=O) groups excluding carboxylic acids is 1. The molecule has 1 aliphatic carbocycles. The molecule has 2 aromatic rings. The van der Waals surface area contributed by atoms with E-state index in [-0.39, 0.29) is 10.7 Å². The second kappa shape index (κ2) is 4.45. The fourth-order valence-electron chi connectivity index (χ4n) is 3.20. The fourth-order valence-corrected chi connectivity index (χ4v) is 3.65. The van der Waals surface area contributed by atoms with E-state index in [4.69, 9.17) is 0 Å². The average molecular weight is 328 g/mol. The van der Waals surface area contributed by atoms with Crippen LogP contribution in [0.5, 0.6) is 0 Å². The number of rotatable bonds is 1. The number of amides is 1. The van der Waals surface area contributed by atoms with Crippen LogP contribution in [0.4, 0.5) is 5.69 Å². The smallest absolute Gasteiger partial charge is 0.240 e. The lowest BCUT2D eigenvalue weighted by atomic mass is 10.1. The quantitative estimate of drug-likeness (QED) is 0.623. The molecule has 2 nitrogen and oxygen atoms in total. The average Bonchev–Trinajstić information content (AvgIpc) is 2.99. The number of hydrogen-bond donors (Lipinski definition) is 0. The highest BCUT2D eigenvalue weighted by Gasteiger charge is 2.31. The molecule has 3 heteroatoms. The number of alkyl halides is 1. The Kier molecular flexibility index (Phi) is 2.71. The first-order chi connectivity index (χ1) is 9.74. The van der Waals surface area contributed by atoms with Gasteiger partial charge in [-0.25, -0.2) is 0 Å². The summed E-state index contributed by atoms with van der Waals surface area (Å²) < 4.78 is 0. The molecular weight excluding hydrogens is 314 g/mol. The predicted octanol–water partition coefficient (Wildman–Crippen LogP) is 3.76. The standard InChI is InChI=1S/C17H14BrNO/c18-16-7-8-19(17(16)20)13-5-6-15-12(10-13)9-11-3-1-2-4-14(11)15/h1-6,10,16H,7-9H2. The van der Waals surface area contributed by atoms with Crippen molar-refractivity contribution in [3.05, 3.63) is 53.6 Å². The summed E-state index contributed by atoms with van der Waals surface area (Å²) in [6.07, 6.45) is 1.86. The minimum absolute atomic E-state index is 0.0204. The number of hydrogen-bond acceptors (Lipinski definition) is 1. The van der Waals surface area contributed by atoms with E-state index in [0.717, 1.165) is 25.1 Å². The van der Waals surface area contributed by atoms with Crippen molar-refractivity contribution in [2.75, 3.05) is 11.4 Å². The van der Waals surface area contributed by atoms with Crippen molar-refractivity contribution in [1.29, 1.82) is 0 Å². The van der Waals surface area contributed by atoms with E-state index in [2.05, 4.69) is 58.4 Å². The summed E-state index contributed by atoms with van der Waals surface area (Å²) in [5, 5.41) is 0. The van der Waals surface area contributed by atoms with Gasteiger partial charge in [-0.3, -0.25) is 4.79 Å². The lowest BCUT2D eigenvalue weighted by Gasteiger charge is -2.17. The summed E-state index contributed by atoms with van der Waals surface area (Å²) in [6, 6.07) is 14.9. The van der Waals surface area contributed by atoms with Crippen molar-refractivity contribution in [2.45, 2.75) is 17.7 Å². The number of anilines is 1. The SMILES string of the molecule is O=C1C(Br)CCN1c1ccc2c(c1)Cc1ccccc1-2. The summed E-state index contributed by atoms with van der Waals surface area (Å²) in [4.78, 5) is 14.0. The highest BCUT2D eigenvalue weighted by molar-refractivity contribution is 9.10. The molecule has 2 aromatic carbocycles. The lowest BCUT2D eigenvalue weighted by molar-refractivity contribution is -0.116. The summed E-state index contributed by atoms with van der Waals surface area (Å²) in [7, 11) is 0. The third-order valence-corrected chi connectivity index (χ3v) is 5.08. The lowest BCUT2D eigenvalue weighted by Crippen LogP contribution is -2.27. The Morgan fingerprint density at radius 3 is 2.65 bits per heavy atom. The second-order valence-electron chi connectivity index (χ2n) is 5.42. The monoisotopic (exact) mass is 327 g/mol. The van der Waals surface area contributed by atoms with Gasteiger partial charge in [0.25, 0.3) is 0 Å². The van der Waals surface area contributed by atoms with Gasteiger partial charge in [0.05, 0.1) is 4.83 Å². The Labute approximate surface area is 126 Å². The molecular formula is C17H14BrNO. The van der Waals surface area contributed by atoms with Crippen molar-refractivity contribution in [3.63, 3.8) is 0 Å². The molecule has 1 amide bonds. The molecule has 0 N–H and O–H groups in total. The van der Waals surface area contributed by atoms with Gasteiger partial charge in [0.1, 0.15) is 0 Å². The largest absolute Gasteiger partial charge is 0.311 e. The van der Waals surface area contributed by atoms with E-state index < -0.39 is 0 Å². The second-order valence-corrected chi connectivity index (χ2v) is 6.53. The van der Waals surface area contributed by atoms with Crippen molar-refractivity contribution >= 4 is 27.5 Å². The van der Waals surface area contributed by atoms with Crippen LogP contribution in [0.3, 0.4) is 0 Å². The van der Waals surface area contributed by atoms with Gasteiger partial charge in [0.2, 0.25) is 5.91 Å². The van der Waals surface area contributed by atoms with Crippen molar-refractivity contribution in [1.82, 2.24) is 0 Å². The molecule has 100 valence electrons.